The van der Waals surface area contributed by atoms with Crippen molar-refractivity contribution in [3.05, 3.63) is 35.4 Å². The normalized spacial score (nSPS) is 13.8. The zero-order chi connectivity index (χ0) is 12.1. The van der Waals surface area contributed by atoms with Gasteiger partial charge in [0.1, 0.15) is 0 Å². The summed E-state index contributed by atoms with van der Waals surface area (Å²) in [5, 5.41) is 27.2. The van der Waals surface area contributed by atoms with Crippen molar-refractivity contribution in [1.82, 2.24) is 0 Å². The highest BCUT2D eigenvalue weighted by Gasteiger charge is 2.17. The highest BCUT2D eigenvalue weighted by Crippen LogP contribution is 2.21. The molecule has 1 rings (SSSR count). The minimum absolute atomic E-state index is 0.143. The quantitative estimate of drug-likeness (QED) is 0.807. The van der Waals surface area contributed by atoms with Crippen molar-refractivity contribution in [2.45, 2.75) is 19.4 Å². The lowest BCUT2D eigenvalue weighted by Crippen LogP contribution is -2.13. The van der Waals surface area contributed by atoms with Crippen LogP contribution in [0.5, 0.6) is 0 Å². The Hall–Kier alpha value is -1.86. The molecule has 4 heteroatoms. The molecule has 0 amide bonds. The maximum Gasteiger partial charge on any atom is 0.306 e. The summed E-state index contributed by atoms with van der Waals surface area (Å²) in [4.78, 5) is 10.6. The molecule has 0 aliphatic carbocycles. The summed E-state index contributed by atoms with van der Waals surface area (Å²) in [5.74, 6) is -1.55. The van der Waals surface area contributed by atoms with E-state index in [-0.39, 0.29) is 6.42 Å². The van der Waals surface area contributed by atoms with Crippen LogP contribution in [0.15, 0.2) is 24.3 Å². The highest BCUT2D eigenvalue weighted by atomic mass is 16.4. The van der Waals surface area contributed by atoms with Crippen molar-refractivity contribution in [3.63, 3.8) is 0 Å². The summed E-state index contributed by atoms with van der Waals surface area (Å²) in [6, 6.07) is 8.53. The second-order valence-electron chi connectivity index (χ2n) is 3.73. The van der Waals surface area contributed by atoms with Crippen LogP contribution >= 0.6 is 0 Å². The minimum Gasteiger partial charge on any atom is -0.481 e. The number of benzene rings is 1. The monoisotopic (exact) mass is 219 g/mol. The number of rotatable bonds is 4. The molecule has 0 saturated carbocycles. The molecular formula is C12H13NO3. The van der Waals surface area contributed by atoms with Crippen molar-refractivity contribution in [3.8, 4) is 6.07 Å². The van der Waals surface area contributed by atoms with Crippen LogP contribution in [0.3, 0.4) is 0 Å². The Balaban J connectivity index is 2.77. The SMILES string of the molecule is CC(CC(O)c1cccc(C#N)c1)C(=O)O. The Morgan fingerprint density at radius 2 is 2.25 bits per heavy atom. The van der Waals surface area contributed by atoms with Gasteiger partial charge >= 0.3 is 5.97 Å². The molecule has 1 aromatic carbocycles. The molecule has 0 fully saturated rings. The predicted molar refractivity (Wildman–Crippen MR) is 57.5 cm³/mol. The third-order valence-electron chi connectivity index (χ3n) is 2.40. The van der Waals surface area contributed by atoms with Crippen LogP contribution in [0.4, 0.5) is 0 Å². The first kappa shape index (κ1) is 12.2. The van der Waals surface area contributed by atoms with E-state index in [9.17, 15) is 9.90 Å². The predicted octanol–water partition coefficient (Wildman–Crippen LogP) is 1.70. The van der Waals surface area contributed by atoms with E-state index >= 15 is 0 Å². The maximum absolute atomic E-state index is 10.6. The van der Waals surface area contributed by atoms with E-state index in [2.05, 4.69) is 0 Å². The summed E-state index contributed by atoms with van der Waals surface area (Å²) in [7, 11) is 0. The van der Waals surface area contributed by atoms with Gasteiger partial charge < -0.3 is 10.2 Å². The van der Waals surface area contributed by atoms with E-state index < -0.39 is 18.0 Å². The van der Waals surface area contributed by atoms with Gasteiger partial charge in [0.25, 0.3) is 0 Å². The van der Waals surface area contributed by atoms with Gasteiger partial charge in [-0.05, 0) is 24.1 Å². The summed E-state index contributed by atoms with van der Waals surface area (Å²) >= 11 is 0. The number of carboxylic acid groups (broad SMARTS) is 1. The number of nitriles is 1. The molecule has 2 N–H and O–H groups in total. The van der Waals surface area contributed by atoms with E-state index in [0.29, 0.717) is 11.1 Å². The van der Waals surface area contributed by atoms with Crippen molar-refractivity contribution < 1.29 is 15.0 Å². The molecule has 84 valence electrons. The fourth-order valence-corrected chi connectivity index (χ4v) is 1.39. The molecule has 0 aliphatic heterocycles. The second kappa shape index (κ2) is 5.29. The molecule has 0 aliphatic rings. The molecule has 2 unspecified atom stereocenters. The number of aliphatic hydroxyl groups excluding tert-OH is 1. The molecule has 16 heavy (non-hydrogen) atoms. The van der Waals surface area contributed by atoms with Gasteiger partial charge in [0.05, 0.1) is 23.7 Å². The number of nitrogens with zero attached hydrogens (tertiary/aromatic N) is 1. The van der Waals surface area contributed by atoms with Gasteiger partial charge in [0.15, 0.2) is 0 Å². The average molecular weight is 219 g/mol. The Labute approximate surface area is 93.8 Å². The number of aliphatic carboxylic acids is 1. The first-order valence-corrected chi connectivity index (χ1v) is 4.95. The zero-order valence-electron chi connectivity index (χ0n) is 8.92. The van der Waals surface area contributed by atoms with Gasteiger partial charge in [0, 0.05) is 0 Å². The lowest BCUT2D eigenvalue weighted by atomic mass is 9.97. The molecule has 0 spiro atoms. The zero-order valence-corrected chi connectivity index (χ0v) is 8.92. The van der Waals surface area contributed by atoms with E-state index in [1.54, 1.807) is 31.2 Å². The first-order valence-electron chi connectivity index (χ1n) is 4.95. The van der Waals surface area contributed by atoms with Crippen LogP contribution in [0.25, 0.3) is 0 Å². The summed E-state index contributed by atoms with van der Waals surface area (Å²) in [6.45, 7) is 1.54. The molecule has 2 atom stereocenters. The third-order valence-corrected chi connectivity index (χ3v) is 2.40. The minimum atomic E-state index is -0.935. The first-order chi connectivity index (χ1) is 7.54. The van der Waals surface area contributed by atoms with Crippen LogP contribution in [-0.4, -0.2) is 16.2 Å². The van der Waals surface area contributed by atoms with E-state index in [1.807, 2.05) is 6.07 Å². The lowest BCUT2D eigenvalue weighted by Gasteiger charge is -2.13. The molecule has 0 bridgehead atoms. The van der Waals surface area contributed by atoms with Gasteiger partial charge in [-0.2, -0.15) is 5.26 Å². The number of hydrogen-bond acceptors (Lipinski definition) is 3. The van der Waals surface area contributed by atoms with Crippen molar-refractivity contribution >= 4 is 5.97 Å². The van der Waals surface area contributed by atoms with Crippen LogP contribution in [0, 0.1) is 17.2 Å². The summed E-state index contributed by atoms with van der Waals surface area (Å²) < 4.78 is 0. The van der Waals surface area contributed by atoms with Gasteiger partial charge in [-0.1, -0.05) is 19.1 Å². The average Bonchev–Trinajstić information content (AvgIpc) is 2.28. The lowest BCUT2D eigenvalue weighted by molar-refractivity contribution is -0.142. The smallest absolute Gasteiger partial charge is 0.306 e. The van der Waals surface area contributed by atoms with Gasteiger partial charge in [-0.15, -0.1) is 0 Å². The number of hydrogen-bond donors (Lipinski definition) is 2. The topological polar surface area (TPSA) is 81.3 Å². The Bertz CT molecular complexity index is 423. The fourth-order valence-electron chi connectivity index (χ4n) is 1.39. The Morgan fingerprint density at radius 1 is 1.56 bits per heavy atom. The molecule has 0 saturated heterocycles. The fraction of sp³-hybridized carbons (Fsp3) is 0.333. The molecule has 0 aromatic heterocycles. The van der Waals surface area contributed by atoms with Crippen LogP contribution in [0.2, 0.25) is 0 Å². The third kappa shape index (κ3) is 3.07. The van der Waals surface area contributed by atoms with Gasteiger partial charge in [-0.25, -0.2) is 0 Å². The molecule has 4 nitrogen and oxygen atoms in total. The maximum atomic E-state index is 10.6. The Kier molecular flexibility index (Phi) is 4.03. The Morgan fingerprint density at radius 3 is 2.81 bits per heavy atom. The second-order valence-corrected chi connectivity index (χ2v) is 3.73. The van der Waals surface area contributed by atoms with Crippen LogP contribution in [0.1, 0.15) is 30.6 Å². The molecule has 1 aromatic rings. The van der Waals surface area contributed by atoms with E-state index in [4.69, 9.17) is 10.4 Å². The molecule has 0 heterocycles. The van der Waals surface area contributed by atoms with Crippen molar-refractivity contribution in [2.75, 3.05) is 0 Å². The van der Waals surface area contributed by atoms with Gasteiger partial charge in [0.2, 0.25) is 0 Å². The largest absolute Gasteiger partial charge is 0.481 e. The van der Waals surface area contributed by atoms with Gasteiger partial charge in [-0.3, -0.25) is 4.79 Å². The molecular weight excluding hydrogens is 206 g/mol. The number of carboxylic acids is 1. The van der Waals surface area contributed by atoms with Crippen molar-refractivity contribution in [1.29, 1.82) is 5.26 Å². The van der Waals surface area contributed by atoms with E-state index in [1.165, 1.54) is 0 Å². The number of aliphatic hydroxyl groups is 1. The summed E-state index contributed by atoms with van der Waals surface area (Å²) in [5.41, 5.74) is 1.03. The van der Waals surface area contributed by atoms with E-state index in [0.717, 1.165) is 0 Å². The standard InChI is InChI=1S/C12H13NO3/c1-8(12(15)16)5-11(14)10-4-2-3-9(6-10)7-13/h2-4,6,8,11,14H,5H2,1H3,(H,15,16). The summed E-state index contributed by atoms with van der Waals surface area (Å²) in [6.07, 6.45) is -0.705. The van der Waals surface area contributed by atoms with Crippen LogP contribution in [-0.2, 0) is 4.79 Å². The van der Waals surface area contributed by atoms with Crippen LogP contribution < -0.4 is 0 Å². The highest BCUT2D eigenvalue weighted by molar-refractivity contribution is 5.69. The number of carbonyl (C=O) groups is 1. The van der Waals surface area contributed by atoms with Crippen molar-refractivity contribution in [2.24, 2.45) is 5.92 Å². The molecule has 0 radical (unpaired) electrons.